The molecule has 0 heterocycles. The topological polar surface area (TPSA) is 171 Å². The summed E-state index contributed by atoms with van der Waals surface area (Å²) in [4.78, 5) is 20.4. The number of amides is 2. The van der Waals surface area contributed by atoms with Gasteiger partial charge in [0.2, 0.25) is 10.0 Å². The molecule has 33 heavy (non-hydrogen) atoms. The van der Waals surface area contributed by atoms with Crippen molar-refractivity contribution in [2.45, 2.75) is 11.1 Å². The molecule has 2 amide bonds. The number of benzene rings is 2. The SMILES string of the molecule is NCCNS(=O)(=O)c1c(Cl)ccc(NC(=O)Nc2ccccc2Cl)c1O.O=C(O)C(F)(F)F. The highest BCUT2D eigenvalue weighted by Gasteiger charge is 2.38. The summed E-state index contributed by atoms with van der Waals surface area (Å²) in [5.41, 5.74) is 5.47. The Morgan fingerprint density at radius 3 is 2.06 bits per heavy atom. The van der Waals surface area contributed by atoms with E-state index in [1.54, 1.807) is 24.3 Å². The summed E-state index contributed by atoms with van der Waals surface area (Å²) in [6, 6.07) is 8.32. The number of nitrogens with two attached hydrogens (primary N) is 1. The van der Waals surface area contributed by atoms with E-state index in [-0.39, 0.29) is 23.8 Å². The first-order valence-corrected chi connectivity index (χ1v) is 10.8. The first-order chi connectivity index (χ1) is 15.2. The molecule has 7 N–H and O–H groups in total. The number of carboxylic acids is 1. The summed E-state index contributed by atoms with van der Waals surface area (Å²) in [6.45, 7) is 0.0263. The molecule has 2 aromatic rings. The zero-order valence-corrected chi connectivity index (χ0v) is 18.6. The Morgan fingerprint density at radius 2 is 1.55 bits per heavy atom. The second-order valence-corrected chi connectivity index (χ2v) is 8.34. The van der Waals surface area contributed by atoms with Crippen molar-refractivity contribution >= 4 is 56.6 Å². The molecule has 0 unspecified atom stereocenters. The van der Waals surface area contributed by atoms with Crippen LogP contribution in [0.2, 0.25) is 10.0 Å². The van der Waals surface area contributed by atoms with Crippen LogP contribution in [0.3, 0.4) is 0 Å². The number of hydrogen-bond acceptors (Lipinski definition) is 6. The van der Waals surface area contributed by atoms with Crippen molar-refractivity contribution in [1.82, 2.24) is 4.72 Å². The molecule has 0 spiro atoms. The number of sulfonamides is 1. The van der Waals surface area contributed by atoms with Crippen LogP contribution >= 0.6 is 23.2 Å². The van der Waals surface area contributed by atoms with E-state index in [2.05, 4.69) is 15.4 Å². The molecule has 0 fully saturated rings. The predicted octanol–water partition coefficient (Wildman–Crippen LogP) is 3.21. The lowest BCUT2D eigenvalue weighted by Crippen LogP contribution is -2.29. The van der Waals surface area contributed by atoms with E-state index in [9.17, 15) is 31.5 Å². The average Bonchev–Trinajstić information content (AvgIpc) is 2.70. The van der Waals surface area contributed by atoms with Crippen molar-refractivity contribution in [3.05, 3.63) is 46.4 Å². The number of phenolic OH excluding ortho intramolecular Hbond substituents is 1. The molecule has 0 bridgehead atoms. The number of rotatable bonds is 6. The van der Waals surface area contributed by atoms with Gasteiger partial charge in [-0.25, -0.2) is 22.7 Å². The van der Waals surface area contributed by atoms with Gasteiger partial charge in [0.05, 0.1) is 21.4 Å². The number of alkyl halides is 3. The number of aromatic hydroxyl groups is 1. The van der Waals surface area contributed by atoms with Gasteiger partial charge in [-0.15, -0.1) is 0 Å². The van der Waals surface area contributed by atoms with Crippen LogP contribution in [0.5, 0.6) is 5.75 Å². The predicted molar refractivity (Wildman–Crippen MR) is 115 cm³/mol. The van der Waals surface area contributed by atoms with Crippen LogP contribution in [-0.2, 0) is 14.8 Å². The fourth-order valence-electron chi connectivity index (χ4n) is 2.01. The number of nitrogens with one attached hydrogen (secondary N) is 3. The van der Waals surface area contributed by atoms with Crippen LogP contribution in [0.1, 0.15) is 0 Å². The molecule has 182 valence electrons. The van der Waals surface area contributed by atoms with Gasteiger partial charge in [-0.2, -0.15) is 13.2 Å². The van der Waals surface area contributed by atoms with Crippen LogP contribution in [0.4, 0.5) is 29.3 Å². The third kappa shape index (κ3) is 8.58. The zero-order chi connectivity index (χ0) is 25.4. The maximum atomic E-state index is 12.2. The highest BCUT2D eigenvalue weighted by Crippen LogP contribution is 2.36. The number of para-hydroxylation sites is 1. The Morgan fingerprint density at radius 1 is 1.00 bits per heavy atom. The van der Waals surface area contributed by atoms with E-state index < -0.39 is 38.8 Å². The number of halogens is 5. The minimum Gasteiger partial charge on any atom is -0.504 e. The molecule has 2 aromatic carbocycles. The molecule has 0 atom stereocenters. The zero-order valence-electron chi connectivity index (χ0n) is 16.3. The maximum absolute atomic E-state index is 12.2. The first kappa shape index (κ1) is 28.3. The highest BCUT2D eigenvalue weighted by atomic mass is 35.5. The molecular weight excluding hydrogens is 516 g/mol. The van der Waals surface area contributed by atoms with Crippen LogP contribution in [-0.4, -0.2) is 49.9 Å². The van der Waals surface area contributed by atoms with Crippen molar-refractivity contribution < 1.29 is 41.4 Å². The molecule has 10 nitrogen and oxygen atoms in total. The highest BCUT2D eigenvalue weighted by molar-refractivity contribution is 7.89. The Balaban J connectivity index is 0.000000675. The van der Waals surface area contributed by atoms with Crippen molar-refractivity contribution in [2.75, 3.05) is 23.7 Å². The van der Waals surface area contributed by atoms with Crippen molar-refractivity contribution in [3.63, 3.8) is 0 Å². The summed E-state index contributed by atoms with van der Waals surface area (Å²) in [5, 5.41) is 22.3. The minimum absolute atomic E-state index is 0.0389. The average molecular weight is 533 g/mol. The Bertz CT molecular complexity index is 1120. The summed E-state index contributed by atoms with van der Waals surface area (Å²) in [7, 11) is -4.11. The van der Waals surface area contributed by atoms with E-state index in [0.29, 0.717) is 10.7 Å². The number of aliphatic carboxylic acids is 1. The second kappa shape index (κ2) is 11.9. The van der Waals surface area contributed by atoms with Crippen LogP contribution in [0.25, 0.3) is 0 Å². The summed E-state index contributed by atoms with van der Waals surface area (Å²) >= 11 is 11.8. The van der Waals surface area contributed by atoms with Crippen molar-refractivity contribution in [3.8, 4) is 5.75 Å². The summed E-state index contributed by atoms with van der Waals surface area (Å²) in [5.74, 6) is -3.45. The first-order valence-electron chi connectivity index (χ1n) is 8.54. The van der Waals surface area contributed by atoms with Gasteiger partial charge in [-0.3, -0.25) is 0 Å². The van der Waals surface area contributed by atoms with Gasteiger partial charge < -0.3 is 26.6 Å². The normalized spacial score (nSPS) is 11.2. The van der Waals surface area contributed by atoms with E-state index in [1.165, 1.54) is 12.1 Å². The fourth-order valence-corrected chi connectivity index (χ4v) is 3.87. The lowest BCUT2D eigenvalue weighted by Gasteiger charge is -2.14. The molecule has 0 aliphatic rings. The molecule has 0 saturated carbocycles. The summed E-state index contributed by atoms with van der Waals surface area (Å²) < 4.78 is 58.4. The number of urea groups is 1. The standard InChI is InChI=1S/C15H16Cl2N4O4S.C2HF3O2/c16-9-3-1-2-4-11(9)20-15(23)21-12-6-5-10(17)14(13(12)22)26(24,25)19-8-7-18;3-2(4,5)1(6)7/h1-6,19,22H,7-8,18H2,(H2,20,21,23);(H,6,7). The molecule has 0 radical (unpaired) electrons. The number of carbonyl (C=O) groups excluding carboxylic acids is 1. The molecule has 0 saturated heterocycles. The van der Waals surface area contributed by atoms with Gasteiger partial charge in [0.25, 0.3) is 0 Å². The van der Waals surface area contributed by atoms with E-state index in [4.69, 9.17) is 38.8 Å². The van der Waals surface area contributed by atoms with Crippen LogP contribution in [0, 0.1) is 0 Å². The number of carboxylic acid groups (broad SMARTS) is 1. The Hall–Kier alpha value is -2.78. The molecule has 0 aliphatic heterocycles. The number of phenols is 1. The molecular formula is C17H17Cl2F3N4O6S. The largest absolute Gasteiger partial charge is 0.504 e. The van der Waals surface area contributed by atoms with Crippen molar-refractivity contribution in [2.24, 2.45) is 5.73 Å². The van der Waals surface area contributed by atoms with Gasteiger partial charge in [-0.1, -0.05) is 35.3 Å². The molecule has 0 aliphatic carbocycles. The molecule has 0 aromatic heterocycles. The van der Waals surface area contributed by atoms with Crippen molar-refractivity contribution in [1.29, 1.82) is 0 Å². The Kier molecular flexibility index (Phi) is 10.2. The van der Waals surface area contributed by atoms with E-state index >= 15 is 0 Å². The third-order valence-corrected chi connectivity index (χ3v) is 5.69. The van der Waals surface area contributed by atoms with Gasteiger partial charge >= 0.3 is 18.2 Å². The quantitative estimate of drug-likeness (QED) is 0.310. The smallest absolute Gasteiger partial charge is 0.490 e. The summed E-state index contributed by atoms with van der Waals surface area (Å²) in [6.07, 6.45) is -5.08. The van der Waals surface area contributed by atoms with E-state index in [0.717, 1.165) is 0 Å². The van der Waals surface area contributed by atoms with Crippen LogP contribution in [0.15, 0.2) is 41.3 Å². The minimum atomic E-state index is -5.08. The van der Waals surface area contributed by atoms with Gasteiger partial charge in [0, 0.05) is 13.1 Å². The van der Waals surface area contributed by atoms with Gasteiger partial charge in [0.15, 0.2) is 5.75 Å². The lowest BCUT2D eigenvalue weighted by atomic mass is 10.3. The number of hydrogen-bond donors (Lipinski definition) is 6. The lowest BCUT2D eigenvalue weighted by molar-refractivity contribution is -0.192. The fraction of sp³-hybridized carbons (Fsp3) is 0.176. The van der Waals surface area contributed by atoms with Crippen LogP contribution < -0.4 is 21.1 Å². The molecule has 2 rings (SSSR count). The van der Waals surface area contributed by atoms with E-state index in [1.807, 2.05) is 0 Å². The second-order valence-electron chi connectivity index (χ2n) is 5.82. The van der Waals surface area contributed by atoms with Gasteiger partial charge in [0.1, 0.15) is 4.90 Å². The number of carbonyl (C=O) groups is 2. The Labute approximate surface area is 195 Å². The van der Waals surface area contributed by atoms with Gasteiger partial charge in [-0.05, 0) is 24.3 Å². The maximum Gasteiger partial charge on any atom is 0.490 e. The third-order valence-electron chi connectivity index (χ3n) is 3.40. The number of anilines is 2. The monoisotopic (exact) mass is 532 g/mol. The molecule has 16 heteroatoms.